The van der Waals surface area contributed by atoms with Crippen molar-refractivity contribution in [3.8, 4) is 0 Å². The van der Waals surface area contributed by atoms with E-state index >= 15 is 0 Å². The van der Waals surface area contributed by atoms with Gasteiger partial charge in [-0.2, -0.15) is 0 Å². The summed E-state index contributed by atoms with van der Waals surface area (Å²) in [5.41, 5.74) is -1.05. The molecule has 0 aliphatic rings. The number of ether oxygens (including phenoxy) is 1. The summed E-state index contributed by atoms with van der Waals surface area (Å²) in [5.74, 6) is -1.95. The SMILES string of the molecule is COC(C)(C)CNC(=O)c1cc(Br)cc(S(N)(=O)=O)c1F. The fourth-order valence-corrected chi connectivity index (χ4v) is 2.66. The maximum absolute atomic E-state index is 14.1. The molecule has 0 saturated carbocycles. The molecule has 9 heteroatoms. The van der Waals surface area contributed by atoms with Crippen molar-refractivity contribution < 1.29 is 22.3 Å². The number of methoxy groups -OCH3 is 1. The molecule has 0 saturated heterocycles. The van der Waals surface area contributed by atoms with Crippen LogP contribution in [-0.4, -0.2) is 33.6 Å². The number of primary sulfonamides is 1. The minimum atomic E-state index is -4.27. The van der Waals surface area contributed by atoms with Crippen LogP contribution in [0.3, 0.4) is 0 Å². The van der Waals surface area contributed by atoms with Crippen molar-refractivity contribution in [1.82, 2.24) is 5.32 Å². The van der Waals surface area contributed by atoms with Crippen molar-refractivity contribution in [3.63, 3.8) is 0 Å². The molecule has 3 N–H and O–H groups in total. The van der Waals surface area contributed by atoms with Crippen molar-refractivity contribution >= 4 is 31.9 Å². The molecule has 0 atom stereocenters. The summed E-state index contributed by atoms with van der Waals surface area (Å²) in [6.45, 7) is 3.60. The Kier molecular flexibility index (Phi) is 5.48. The number of hydrogen-bond donors (Lipinski definition) is 2. The molecule has 1 aromatic carbocycles. The minimum Gasteiger partial charge on any atom is -0.377 e. The van der Waals surface area contributed by atoms with E-state index in [9.17, 15) is 17.6 Å². The highest BCUT2D eigenvalue weighted by Crippen LogP contribution is 2.23. The third-order valence-electron chi connectivity index (χ3n) is 2.78. The number of sulfonamides is 1. The van der Waals surface area contributed by atoms with Crippen molar-refractivity contribution in [2.45, 2.75) is 24.3 Å². The Morgan fingerprint density at radius 3 is 2.52 bits per heavy atom. The smallest absolute Gasteiger partial charge is 0.254 e. The maximum Gasteiger partial charge on any atom is 0.254 e. The second-order valence-electron chi connectivity index (χ2n) is 4.96. The Morgan fingerprint density at radius 1 is 1.48 bits per heavy atom. The van der Waals surface area contributed by atoms with Gasteiger partial charge >= 0.3 is 0 Å². The van der Waals surface area contributed by atoms with E-state index in [1.165, 1.54) is 13.2 Å². The number of nitrogens with two attached hydrogens (primary N) is 1. The van der Waals surface area contributed by atoms with Gasteiger partial charge < -0.3 is 10.1 Å². The quantitative estimate of drug-likeness (QED) is 0.803. The molecular formula is C12H16BrFN2O4S. The molecule has 0 fully saturated rings. The van der Waals surface area contributed by atoms with E-state index in [0.717, 1.165) is 6.07 Å². The summed E-state index contributed by atoms with van der Waals surface area (Å²) in [7, 11) is -2.79. The molecule has 21 heavy (non-hydrogen) atoms. The van der Waals surface area contributed by atoms with Crippen molar-refractivity contribution in [3.05, 3.63) is 28.0 Å². The van der Waals surface area contributed by atoms with Gasteiger partial charge in [0.1, 0.15) is 4.90 Å². The Balaban J connectivity index is 3.14. The van der Waals surface area contributed by atoms with Crippen LogP contribution in [0.4, 0.5) is 4.39 Å². The second kappa shape index (κ2) is 6.39. The Morgan fingerprint density at radius 2 is 2.05 bits per heavy atom. The number of halogens is 2. The zero-order valence-electron chi connectivity index (χ0n) is 11.7. The van der Waals surface area contributed by atoms with Gasteiger partial charge in [0, 0.05) is 18.1 Å². The van der Waals surface area contributed by atoms with Gasteiger partial charge in [-0.1, -0.05) is 15.9 Å². The molecule has 0 heterocycles. The number of carbonyl (C=O) groups is 1. The van der Waals surface area contributed by atoms with Gasteiger partial charge in [-0.25, -0.2) is 17.9 Å². The van der Waals surface area contributed by atoms with E-state index in [1.54, 1.807) is 13.8 Å². The molecule has 0 radical (unpaired) electrons. The highest BCUT2D eigenvalue weighted by Gasteiger charge is 2.24. The van der Waals surface area contributed by atoms with Gasteiger partial charge in [-0.3, -0.25) is 4.79 Å². The van der Waals surface area contributed by atoms with E-state index in [-0.39, 0.29) is 11.0 Å². The normalized spacial score (nSPS) is 12.3. The van der Waals surface area contributed by atoms with Crippen molar-refractivity contribution in [2.24, 2.45) is 5.14 Å². The van der Waals surface area contributed by atoms with E-state index in [2.05, 4.69) is 21.2 Å². The maximum atomic E-state index is 14.1. The highest BCUT2D eigenvalue weighted by molar-refractivity contribution is 9.10. The van der Waals surface area contributed by atoms with Gasteiger partial charge in [0.25, 0.3) is 5.91 Å². The molecule has 0 spiro atoms. The summed E-state index contributed by atoms with van der Waals surface area (Å²) in [4.78, 5) is 11.3. The minimum absolute atomic E-state index is 0.124. The molecule has 0 aliphatic heterocycles. The molecule has 0 aromatic heterocycles. The number of rotatable bonds is 5. The summed E-state index contributed by atoms with van der Waals surface area (Å²) < 4.78 is 42.1. The van der Waals surface area contributed by atoms with Gasteiger partial charge in [-0.15, -0.1) is 0 Å². The van der Waals surface area contributed by atoms with Crippen LogP contribution in [0.5, 0.6) is 0 Å². The van der Waals surface area contributed by atoms with Crippen molar-refractivity contribution in [2.75, 3.05) is 13.7 Å². The molecule has 1 rings (SSSR count). The van der Waals surface area contributed by atoms with E-state index in [1.807, 2.05) is 0 Å². The topological polar surface area (TPSA) is 98.5 Å². The zero-order chi connectivity index (χ0) is 16.4. The second-order valence-corrected chi connectivity index (χ2v) is 7.40. The zero-order valence-corrected chi connectivity index (χ0v) is 14.1. The van der Waals surface area contributed by atoms with Crippen LogP contribution in [0.2, 0.25) is 0 Å². The third kappa shape index (κ3) is 4.73. The van der Waals surface area contributed by atoms with Crippen LogP contribution in [0, 0.1) is 5.82 Å². The first kappa shape index (κ1) is 18.0. The average molecular weight is 383 g/mol. The largest absolute Gasteiger partial charge is 0.377 e. The summed E-state index contributed by atoms with van der Waals surface area (Å²) in [5, 5.41) is 7.40. The van der Waals surface area contributed by atoms with E-state index < -0.39 is 37.8 Å². The van der Waals surface area contributed by atoms with Crippen LogP contribution in [-0.2, 0) is 14.8 Å². The summed E-state index contributed by atoms with van der Waals surface area (Å²) in [6, 6.07) is 2.18. The Hall–Kier alpha value is -1.03. The molecular weight excluding hydrogens is 367 g/mol. The number of carbonyl (C=O) groups excluding carboxylic acids is 1. The third-order valence-corrected chi connectivity index (χ3v) is 4.15. The first-order valence-corrected chi connectivity index (χ1v) is 8.17. The number of nitrogens with one attached hydrogen (secondary N) is 1. The molecule has 1 amide bonds. The lowest BCUT2D eigenvalue weighted by Gasteiger charge is -2.23. The van der Waals surface area contributed by atoms with E-state index in [0.29, 0.717) is 0 Å². The van der Waals surface area contributed by atoms with Gasteiger partial charge in [-0.05, 0) is 26.0 Å². The lowest BCUT2D eigenvalue weighted by atomic mass is 10.1. The molecule has 0 bridgehead atoms. The number of amides is 1. The van der Waals surface area contributed by atoms with Gasteiger partial charge in [0.2, 0.25) is 10.0 Å². The van der Waals surface area contributed by atoms with Crippen LogP contribution < -0.4 is 10.5 Å². The van der Waals surface area contributed by atoms with E-state index in [4.69, 9.17) is 9.88 Å². The molecule has 6 nitrogen and oxygen atoms in total. The first-order chi connectivity index (χ1) is 9.48. The lowest BCUT2D eigenvalue weighted by Crippen LogP contribution is -2.40. The van der Waals surface area contributed by atoms with Gasteiger partial charge in [0.05, 0.1) is 11.2 Å². The standard InChI is InChI=1S/C12H16BrFN2O4S/c1-12(2,20-3)6-16-11(17)8-4-7(13)5-9(10(8)14)21(15,18)19/h4-5H,6H2,1-3H3,(H,16,17)(H2,15,18,19). The Bertz CT molecular complexity index is 661. The van der Waals surface area contributed by atoms with Gasteiger partial charge in [0.15, 0.2) is 5.82 Å². The average Bonchev–Trinajstić information content (AvgIpc) is 2.37. The predicted octanol–water partition coefficient (Wildman–Crippen LogP) is 1.39. The van der Waals surface area contributed by atoms with Crippen LogP contribution in [0.25, 0.3) is 0 Å². The highest BCUT2D eigenvalue weighted by atomic mass is 79.9. The van der Waals surface area contributed by atoms with Crippen LogP contribution >= 0.6 is 15.9 Å². The molecule has 0 unspecified atom stereocenters. The predicted molar refractivity (Wildman–Crippen MR) is 78.9 cm³/mol. The summed E-state index contributed by atoms with van der Waals surface area (Å²) >= 11 is 3.02. The number of benzene rings is 1. The van der Waals surface area contributed by atoms with Crippen LogP contribution in [0.15, 0.2) is 21.5 Å². The van der Waals surface area contributed by atoms with Crippen LogP contribution in [0.1, 0.15) is 24.2 Å². The van der Waals surface area contributed by atoms with Crippen molar-refractivity contribution in [1.29, 1.82) is 0 Å². The fourth-order valence-electron chi connectivity index (χ4n) is 1.40. The Labute approximate surface area is 131 Å². The lowest BCUT2D eigenvalue weighted by molar-refractivity contribution is 0.0228. The molecule has 118 valence electrons. The molecule has 0 aliphatic carbocycles. The first-order valence-electron chi connectivity index (χ1n) is 5.83. The summed E-state index contributed by atoms with van der Waals surface area (Å²) in [6.07, 6.45) is 0. The monoisotopic (exact) mass is 382 g/mol. The number of hydrogen-bond acceptors (Lipinski definition) is 4. The fraction of sp³-hybridized carbons (Fsp3) is 0.417. The molecule has 1 aromatic rings.